The Morgan fingerprint density at radius 2 is 1.52 bits per heavy atom. The first-order chi connectivity index (χ1) is 14.1. The van der Waals surface area contributed by atoms with Gasteiger partial charge in [0.1, 0.15) is 11.5 Å². The van der Waals surface area contributed by atoms with Crippen molar-refractivity contribution in [1.29, 1.82) is 0 Å². The number of aromatic nitrogens is 4. The van der Waals surface area contributed by atoms with E-state index < -0.39 is 5.82 Å². The van der Waals surface area contributed by atoms with E-state index in [0.29, 0.717) is 11.5 Å². The third-order valence-corrected chi connectivity index (χ3v) is 5.40. The number of pyridine rings is 1. The first-order valence-electron chi connectivity index (χ1n) is 9.52. The highest BCUT2D eigenvalue weighted by Gasteiger charge is 2.45. The summed E-state index contributed by atoms with van der Waals surface area (Å²) in [5.41, 5.74) is 4.01. The maximum absolute atomic E-state index is 14.3. The van der Waals surface area contributed by atoms with Crippen LogP contribution in [0.2, 0.25) is 0 Å². The molecule has 0 bridgehead atoms. The molecule has 0 aliphatic heterocycles. The lowest BCUT2D eigenvalue weighted by molar-refractivity contribution is 0.470. The van der Waals surface area contributed by atoms with Crippen molar-refractivity contribution in [2.75, 3.05) is 0 Å². The molecule has 1 aliphatic carbocycles. The van der Waals surface area contributed by atoms with Gasteiger partial charge in [0.25, 0.3) is 0 Å². The number of benzene rings is 2. The van der Waals surface area contributed by atoms with Gasteiger partial charge in [-0.1, -0.05) is 42.0 Å². The molecular weight excluding hydrogens is 367 g/mol. The Kier molecular flexibility index (Phi) is 4.12. The number of halogens is 1. The molecule has 4 aromatic rings. The number of nitrogens with zero attached hydrogens (tertiary/aromatic N) is 4. The molecule has 2 aromatic heterocycles. The van der Waals surface area contributed by atoms with Crippen LogP contribution in [-0.4, -0.2) is 20.0 Å². The molecule has 1 aliphatic rings. The average Bonchev–Trinajstić information content (AvgIpc) is 3.36. The maximum Gasteiger partial charge on any atom is 0.210 e. The number of rotatable bonds is 5. The molecule has 6 heteroatoms. The Morgan fingerprint density at radius 1 is 0.897 bits per heavy atom. The normalized spacial score (nSPS) is 14.6. The summed E-state index contributed by atoms with van der Waals surface area (Å²) >= 11 is 0. The van der Waals surface area contributed by atoms with E-state index in [1.807, 2.05) is 12.1 Å². The quantitative estimate of drug-likeness (QED) is 0.485. The number of ether oxygens (including phenoxy) is 1. The molecule has 0 spiro atoms. The van der Waals surface area contributed by atoms with Crippen LogP contribution in [0.4, 0.5) is 4.39 Å². The summed E-state index contributed by atoms with van der Waals surface area (Å²) < 4.78 is 20.1. The lowest BCUT2D eigenvalue weighted by Crippen LogP contribution is -2.08. The summed E-state index contributed by atoms with van der Waals surface area (Å²) in [6.45, 7) is 2.10. The van der Waals surface area contributed by atoms with E-state index in [1.165, 1.54) is 41.3 Å². The number of hydrogen-bond donors (Lipinski definition) is 0. The maximum atomic E-state index is 14.3. The van der Waals surface area contributed by atoms with Crippen LogP contribution in [0, 0.1) is 12.7 Å². The monoisotopic (exact) mass is 386 g/mol. The Morgan fingerprint density at radius 3 is 2.10 bits per heavy atom. The summed E-state index contributed by atoms with van der Waals surface area (Å²) in [6, 6.07) is 18.1. The van der Waals surface area contributed by atoms with Gasteiger partial charge in [0.15, 0.2) is 5.82 Å². The van der Waals surface area contributed by atoms with Crippen molar-refractivity contribution in [2.45, 2.75) is 25.2 Å². The first-order valence-corrected chi connectivity index (χ1v) is 9.52. The van der Waals surface area contributed by atoms with E-state index in [4.69, 9.17) is 4.74 Å². The largest absolute Gasteiger partial charge is 0.456 e. The van der Waals surface area contributed by atoms with Crippen molar-refractivity contribution in [1.82, 2.24) is 20.0 Å². The third kappa shape index (κ3) is 3.27. The van der Waals surface area contributed by atoms with Crippen molar-refractivity contribution in [3.8, 4) is 17.3 Å². The molecule has 2 heterocycles. The van der Waals surface area contributed by atoms with E-state index >= 15 is 0 Å². The van der Waals surface area contributed by atoms with Crippen LogP contribution < -0.4 is 4.74 Å². The van der Waals surface area contributed by atoms with Gasteiger partial charge in [-0.3, -0.25) is 0 Å². The smallest absolute Gasteiger partial charge is 0.210 e. The van der Waals surface area contributed by atoms with E-state index in [1.54, 1.807) is 0 Å². The van der Waals surface area contributed by atoms with Gasteiger partial charge in [0.05, 0.1) is 18.6 Å². The lowest BCUT2D eigenvalue weighted by Gasteiger charge is -2.17. The zero-order chi connectivity index (χ0) is 19.8. The molecule has 0 saturated heterocycles. The minimum absolute atomic E-state index is 0.0338. The predicted molar refractivity (Wildman–Crippen MR) is 107 cm³/mol. The Balaban J connectivity index is 1.35. The predicted octanol–water partition coefficient (Wildman–Crippen LogP) is 4.98. The molecule has 0 unspecified atom stereocenters. The van der Waals surface area contributed by atoms with Crippen LogP contribution in [0.25, 0.3) is 5.82 Å². The molecule has 5 nitrogen and oxygen atoms in total. The summed E-state index contributed by atoms with van der Waals surface area (Å²) in [4.78, 5) is 5.20. The highest BCUT2D eigenvalue weighted by molar-refractivity contribution is 5.47. The Hall–Kier alpha value is -3.54. The van der Waals surface area contributed by atoms with Crippen molar-refractivity contribution in [2.24, 2.45) is 0 Å². The standard InChI is InChI=1S/C23H19FN4O/c1-16-2-4-17(5-3-16)23(10-11-23)18-6-8-19(9-7-18)29-20-14-21(24)22(25-15-20)28-26-12-13-27-28/h2-9,12-15H,10-11H2,1H3. The van der Waals surface area contributed by atoms with Gasteiger partial charge in [0.2, 0.25) is 5.82 Å². The van der Waals surface area contributed by atoms with Crippen molar-refractivity contribution in [3.63, 3.8) is 0 Å². The minimum atomic E-state index is -0.549. The number of hydrogen-bond acceptors (Lipinski definition) is 4. The number of aryl methyl sites for hydroxylation is 1. The Bertz CT molecular complexity index is 1130. The summed E-state index contributed by atoms with van der Waals surface area (Å²) in [7, 11) is 0. The van der Waals surface area contributed by atoms with Gasteiger partial charge in [-0.15, -0.1) is 4.80 Å². The molecule has 1 saturated carbocycles. The van der Waals surface area contributed by atoms with Crippen molar-refractivity contribution in [3.05, 3.63) is 95.7 Å². The third-order valence-electron chi connectivity index (χ3n) is 5.40. The Labute approximate surface area is 167 Å². The van der Waals surface area contributed by atoms with E-state index in [9.17, 15) is 4.39 Å². The summed E-state index contributed by atoms with van der Waals surface area (Å²) in [6.07, 6.45) is 6.69. The second kappa shape index (κ2) is 6.81. The molecule has 2 aromatic carbocycles. The summed E-state index contributed by atoms with van der Waals surface area (Å²) in [5, 5.41) is 7.78. The highest BCUT2D eigenvalue weighted by atomic mass is 19.1. The van der Waals surface area contributed by atoms with Crippen LogP contribution in [-0.2, 0) is 5.41 Å². The second-order valence-electron chi connectivity index (χ2n) is 7.37. The van der Waals surface area contributed by atoms with Crippen molar-refractivity contribution < 1.29 is 9.13 Å². The topological polar surface area (TPSA) is 52.8 Å². The fourth-order valence-corrected chi connectivity index (χ4v) is 3.66. The van der Waals surface area contributed by atoms with Gasteiger partial charge >= 0.3 is 0 Å². The van der Waals surface area contributed by atoms with Crippen LogP contribution in [0.15, 0.2) is 73.2 Å². The molecule has 1 fully saturated rings. The zero-order valence-corrected chi connectivity index (χ0v) is 15.9. The van der Waals surface area contributed by atoms with Crippen LogP contribution in [0.3, 0.4) is 0 Å². The molecular formula is C23H19FN4O. The van der Waals surface area contributed by atoms with Crippen LogP contribution >= 0.6 is 0 Å². The van der Waals surface area contributed by atoms with Crippen LogP contribution in [0.5, 0.6) is 11.5 Å². The highest BCUT2D eigenvalue weighted by Crippen LogP contribution is 2.53. The van der Waals surface area contributed by atoms with E-state index in [2.05, 4.69) is 58.5 Å². The fraction of sp³-hybridized carbons (Fsp3) is 0.174. The molecule has 144 valence electrons. The van der Waals surface area contributed by atoms with Gasteiger partial charge in [-0.05, 0) is 43.0 Å². The van der Waals surface area contributed by atoms with Gasteiger partial charge in [0, 0.05) is 11.5 Å². The van der Waals surface area contributed by atoms with Crippen molar-refractivity contribution >= 4 is 0 Å². The fourth-order valence-electron chi connectivity index (χ4n) is 3.66. The molecule has 5 rings (SSSR count). The van der Waals surface area contributed by atoms with Gasteiger partial charge in [-0.25, -0.2) is 9.37 Å². The van der Waals surface area contributed by atoms with Gasteiger partial charge < -0.3 is 4.74 Å². The lowest BCUT2D eigenvalue weighted by atomic mass is 9.88. The molecule has 0 N–H and O–H groups in total. The molecule has 0 amide bonds. The summed E-state index contributed by atoms with van der Waals surface area (Å²) in [5.74, 6) is 0.448. The first kappa shape index (κ1) is 17.6. The molecule has 0 atom stereocenters. The SMILES string of the molecule is Cc1ccc(C2(c3ccc(Oc4cnc(-n5nccn5)c(F)c4)cc3)CC2)cc1. The molecule has 0 radical (unpaired) electrons. The van der Waals surface area contributed by atoms with E-state index in [0.717, 1.165) is 17.6 Å². The average molecular weight is 386 g/mol. The second-order valence-corrected chi connectivity index (χ2v) is 7.37. The molecule has 29 heavy (non-hydrogen) atoms. The zero-order valence-electron chi connectivity index (χ0n) is 15.9. The minimum Gasteiger partial charge on any atom is -0.456 e. The van der Waals surface area contributed by atoms with Crippen LogP contribution in [0.1, 0.15) is 29.5 Å². The van der Waals surface area contributed by atoms with Gasteiger partial charge in [-0.2, -0.15) is 10.2 Å². The van der Waals surface area contributed by atoms with E-state index in [-0.39, 0.29) is 11.2 Å².